The molecule has 168 valence electrons. The van der Waals surface area contributed by atoms with Crippen LogP contribution in [0.4, 0.5) is 4.79 Å². The van der Waals surface area contributed by atoms with Gasteiger partial charge < -0.3 is 25.4 Å². The molecular weight excluding hydrogens is 482 g/mol. The summed E-state index contributed by atoms with van der Waals surface area (Å²) in [5.41, 5.74) is 2.25. The van der Waals surface area contributed by atoms with Gasteiger partial charge >= 0.3 is 6.03 Å². The number of hydrogen-bond acceptors (Lipinski definition) is 4. The third kappa shape index (κ3) is 6.05. The molecule has 6 nitrogen and oxygen atoms in total. The lowest BCUT2D eigenvalue weighted by atomic mass is 9.88. The number of carbonyl (C=O) groups excluding carboxylic acids is 1. The van der Waals surface area contributed by atoms with E-state index < -0.39 is 0 Å². The highest BCUT2D eigenvalue weighted by Crippen LogP contribution is 2.37. The second-order valence-electron chi connectivity index (χ2n) is 7.83. The van der Waals surface area contributed by atoms with E-state index in [9.17, 15) is 4.79 Å². The molecule has 1 saturated carbocycles. The smallest absolute Gasteiger partial charge is 0.315 e. The van der Waals surface area contributed by atoms with Gasteiger partial charge in [0.05, 0.1) is 23.2 Å². The first-order chi connectivity index (χ1) is 14.6. The van der Waals surface area contributed by atoms with Crippen molar-refractivity contribution in [1.82, 2.24) is 16.0 Å². The molecule has 0 radical (unpaired) electrons. The molecule has 3 N–H and O–H groups in total. The van der Waals surface area contributed by atoms with Crippen LogP contribution in [-0.2, 0) is 13.2 Å². The first-order valence-electron chi connectivity index (χ1n) is 10.5. The van der Waals surface area contributed by atoms with E-state index in [-0.39, 0.29) is 30.5 Å². The molecule has 2 aromatic rings. The fraction of sp³-hybridized carbons (Fsp3) is 0.435. The highest BCUT2D eigenvalue weighted by atomic mass is 79.9. The van der Waals surface area contributed by atoms with Gasteiger partial charge in [0.15, 0.2) is 11.5 Å². The Morgan fingerprint density at radius 1 is 1.06 bits per heavy atom. The van der Waals surface area contributed by atoms with Crippen molar-refractivity contribution < 1.29 is 14.3 Å². The van der Waals surface area contributed by atoms with Crippen molar-refractivity contribution in [2.24, 2.45) is 0 Å². The summed E-state index contributed by atoms with van der Waals surface area (Å²) in [5.74, 6) is 1.47. The minimum atomic E-state index is -0.0398. The van der Waals surface area contributed by atoms with Crippen LogP contribution in [-0.4, -0.2) is 30.8 Å². The molecule has 2 fully saturated rings. The third-order valence-corrected chi connectivity index (χ3v) is 6.26. The average molecular weight is 511 g/mol. The van der Waals surface area contributed by atoms with Crippen molar-refractivity contribution in [2.45, 2.75) is 57.5 Å². The van der Waals surface area contributed by atoms with Gasteiger partial charge in [-0.25, -0.2) is 4.79 Å². The Morgan fingerprint density at radius 3 is 2.61 bits per heavy atom. The summed E-state index contributed by atoms with van der Waals surface area (Å²) in [4.78, 5) is 11.5. The van der Waals surface area contributed by atoms with Crippen molar-refractivity contribution in [3.8, 4) is 11.5 Å². The minimum Gasteiger partial charge on any atom is -0.490 e. The molecule has 2 aromatic carbocycles. The summed E-state index contributed by atoms with van der Waals surface area (Å²) in [5, 5.41) is 9.66. The number of halogens is 2. The Labute approximate surface area is 198 Å². The van der Waals surface area contributed by atoms with Crippen LogP contribution in [0.5, 0.6) is 11.5 Å². The first-order valence-corrected chi connectivity index (χ1v) is 11.3. The number of carbonyl (C=O) groups is 1. The molecule has 0 bridgehead atoms. The van der Waals surface area contributed by atoms with Gasteiger partial charge in [-0.1, -0.05) is 30.3 Å². The van der Waals surface area contributed by atoms with Crippen LogP contribution in [0.15, 0.2) is 46.9 Å². The summed E-state index contributed by atoms with van der Waals surface area (Å²) < 4.78 is 12.8. The SMILES string of the molecule is CCOc1cc(CNC2CCC3NC(=O)NC3C2)cc(Br)c1OCc1ccccc1.Cl. The molecular formula is C23H29BrClN3O3. The zero-order valence-electron chi connectivity index (χ0n) is 17.5. The molecule has 1 aliphatic carbocycles. The number of nitrogens with one attached hydrogen (secondary N) is 3. The van der Waals surface area contributed by atoms with Crippen molar-refractivity contribution in [3.63, 3.8) is 0 Å². The van der Waals surface area contributed by atoms with E-state index in [4.69, 9.17) is 9.47 Å². The summed E-state index contributed by atoms with van der Waals surface area (Å²) in [6, 6.07) is 15.1. The molecule has 1 saturated heterocycles. The summed E-state index contributed by atoms with van der Waals surface area (Å²) >= 11 is 3.66. The number of urea groups is 1. The highest BCUT2D eigenvalue weighted by molar-refractivity contribution is 9.10. The quantitative estimate of drug-likeness (QED) is 0.488. The van der Waals surface area contributed by atoms with Crippen LogP contribution in [0, 0.1) is 0 Å². The Bertz CT molecular complexity index is 884. The second kappa shape index (κ2) is 11.1. The minimum absolute atomic E-state index is 0. The van der Waals surface area contributed by atoms with Crippen LogP contribution >= 0.6 is 28.3 Å². The summed E-state index contributed by atoms with van der Waals surface area (Å²) in [7, 11) is 0. The fourth-order valence-electron chi connectivity index (χ4n) is 4.19. The molecule has 31 heavy (non-hydrogen) atoms. The molecule has 3 unspecified atom stereocenters. The molecule has 3 atom stereocenters. The average Bonchev–Trinajstić information content (AvgIpc) is 3.12. The van der Waals surface area contributed by atoms with Crippen molar-refractivity contribution >= 4 is 34.4 Å². The largest absolute Gasteiger partial charge is 0.490 e. The highest BCUT2D eigenvalue weighted by Gasteiger charge is 2.36. The van der Waals surface area contributed by atoms with Gasteiger partial charge in [0, 0.05) is 12.6 Å². The van der Waals surface area contributed by atoms with E-state index >= 15 is 0 Å². The second-order valence-corrected chi connectivity index (χ2v) is 8.69. The predicted octanol–water partition coefficient (Wildman–Crippen LogP) is 4.54. The molecule has 2 amide bonds. The van der Waals surface area contributed by atoms with Crippen LogP contribution in [0.3, 0.4) is 0 Å². The Balaban J connectivity index is 0.00000272. The van der Waals surface area contributed by atoms with E-state index in [1.165, 1.54) is 0 Å². The number of fused-ring (bicyclic) bond motifs is 1. The van der Waals surface area contributed by atoms with Crippen LogP contribution in [0.2, 0.25) is 0 Å². The van der Waals surface area contributed by atoms with E-state index in [0.29, 0.717) is 19.3 Å². The Kier molecular flexibility index (Phi) is 8.46. The first kappa shape index (κ1) is 23.7. The zero-order valence-corrected chi connectivity index (χ0v) is 19.9. The lowest BCUT2D eigenvalue weighted by molar-refractivity contribution is 0.247. The number of hydrogen-bond donors (Lipinski definition) is 3. The van der Waals surface area contributed by atoms with E-state index in [2.05, 4.69) is 37.9 Å². The monoisotopic (exact) mass is 509 g/mol. The van der Waals surface area contributed by atoms with Gasteiger partial charge in [-0.05, 0) is 65.4 Å². The standard InChI is InChI=1S/C23H28BrN3O3.ClH/c1-2-29-21-11-16(10-18(24)22(21)30-14-15-6-4-3-5-7-15)13-25-17-8-9-19-20(12-17)27-23(28)26-19;/h3-7,10-11,17,19-20,25H,2,8-9,12-14H2,1H3,(H2,26,27,28);1H. The molecule has 8 heteroatoms. The number of ether oxygens (including phenoxy) is 2. The van der Waals surface area contributed by atoms with Gasteiger partial charge in [0.2, 0.25) is 0 Å². The van der Waals surface area contributed by atoms with Crippen LogP contribution in [0.1, 0.15) is 37.3 Å². The third-order valence-electron chi connectivity index (χ3n) is 5.67. The van der Waals surface area contributed by atoms with Crippen molar-refractivity contribution in [2.75, 3.05) is 6.61 Å². The summed E-state index contributed by atoms with van der Waals surface area (Å²) in [6.45, 7) is 3.77. The molecule has 1 aliphatic heterocycles. The zero-order chi connectivity index (χ0) is 20.9. The van der Waals surface area contributed by atoms with Crippen molar-refractivity contribution in [3.05, 3.63) is 58.1 Å². The van der Waals surface area contributed by atoms with E-state index in [0.717, 1.165) is 52.9 Å². The molecule has 0 spiro atoms. The lowest BCUT2D eigenvalue weighted by Crippen LogP contribution is -2.46. The maximum atomic E-state index is 11.5. The molecule has 4 rings (SSSR count). The topological polar surface area (TPSA) is 71.6 Å². The Morgan fingerprint density at radius 2 is 1.84 bits per heavy atom. The Hall–Kier alpha value is -1.96. The number of rotatable bonds is 8. The molecule has 2 aliphatic rings. The van der Waals surface area contributed by atoms with E-state index in [1.807, 2.05) is 43.3 Å². The van der Waals surface area contributed by atoms with Gasteiger partial charge in [0.1, 0.15) is 6.61 Å². The van der Waals surface area contributed by atoms with Crippen LogP contribution < -0.4 is 25.4 Å². The number of amides is 2. The van der Waals surface area contributed by atoms with Gasteiger partial charge in [-0.3, -0.25) is 0 Å². The number of benzene rings is 2. The normalized spacial score (nSPS) is 22.0. The van der Waals surface area contributed by atoms with Gasteiger partial charge in [-0.15, -0.1) is 12.4 Å². The van der Waals surface area contributed by atoms with Crippen LogP contribution in [0.25, 0.3) is 0 Å². The molecule has 0 aromatic heterocycles. The maximum absolute atomic E-state index is 11.5. The van der Waals surface area contributed by atoms with E-state index in [1.54, 1.807) is 0 Å². The lowest BCUT2D eigenvalue weighted by Gasteiger charge is -2.31. The predicted molar refractivity (Wildman–Crippen MR) is 127 cm³/mol. The fourth-order valence-corrected chi connectivity index (χ4v) is 4.79. The van der Waals surface area contributed by atoms with Gasteiger partial charge in [0.25, 0.3) is 0 Å². The van der Waals surface area contributed by atoms with Gasteiger partial charge in [-0.2, -0.15) is 0 Å². The summed E-state index contributed by atoms with van der Waals surface area (Å²) in [6.07, 6.45) is 3.00. The van der Waals surface area contributed by atoms with Crippen molar-refractivity contribution in [1.29, 1.82) is 0 Å². The maximum Gasteiger partial charge on any atom is 0.315 e. The molecule has 1 heterocycles.